The number of aryl methyl sites for hydroxylation is 2. The average molecular weight is 424 g/mol. The lowest BCUT2D eigenvalue weighted by molar-refractivity contribution is 0.0697. The molecule has 0 atom stereocenters. The summed E-state index contributed by atoms with van der Waals surface area (Å²) in [5.74, 6) is -0.126. The van der Waals surface area contributed by atoms with E-state index in [1.54, 1.807) is 12.1 Å². The number of hydrogen-bond donors (Lipinski definition) is 2. The number of furan rings is 1. The van der Waals surface area contributed by atoms with E-state index in [0.29, 0.717) is 12.0 Å². The molecule has 0 amide bonds. The Morgan fingerprint density at radius 2 is 1.74 bits per heavy atom. The smallest absolute Gasteiger partial charge is 0.335 e. The highest BCUT2D eigenvalue weighted by Gasteiger charge is 2.18. The topological polar surface area (TPSA) is 66.2 Å². The van der Waals surface area contributed by atoms with Gasteiger partial charge in [0.1, 0.15) is 5.58 Å². The van der Waals surface area contributed by atoms with Crippen molar-refractivity contribution < 1.29 is 14.3 Å². The molecule has 0 aliphatic heterocycles. The van der Waals surface area contributed by atoms with Crippen LogP contribution in [0.25, 0.3) is 22.4 Å². The third-order valence-electron chi connectivity index (χ3n) is 4.77. The van der Waals surface area contributed by atoms with E-state index in [0.717, 1.165) is 43.7 Å². The largest absolute Gasteiger partial charge is 0.478 e. The second kappa shape index (κ2) is 6.74. The number of H-pyrrole nitrogens is 1. The van der Waals surface area contributed by atoms with Crippen molar-refractivity contribution in [2.75, 3.05) is 0 Å². The first-order valence-corrected chi connectivity index (χ1v) is 9.42. The van der Waals surface area contributed by atoms with Crippen LogP contribution in [-0.2, 0) is 6.42 Å². The molecule has 2 aromatic carbocycles. The SMILES string of the molecule is Cc1ccc(C)c2c(Br)c(-c3ccc(Cc4ccc(C(=O)O)cc4)[nH]3)oc12. The molecule has 4 rings (SSSR count). The van der Waals surface area contributed by atoms with E-state index < -0.39 is 5.97 Å². The highest BCUT2D eigenvalue weighted by Crippen LogP contribution is 2.40. The molecule has 0 spiro atoms. The van der Waals surface area contributed by atoms with E-state index in [4.69, 9.17) is 9.52 Å². The van der Waals surface area contributed by atoms with Gasteiger partial charge < -0.3 is 14.5 Å². The Morgan fingerprint density at radius 1 is 1.04 bits per heavy atom. The summed E-state index contributed by atoms with van der Waals surface area (Å²) in [5.41, 5.74) is 6.46. The summed E-state index contributed by atoms with van der Waals surface area (Å²) in [6.07, 6.45) is 0.690. The maximum absolute atomic E-state index is 11.0. The van der Waals surface area contributed by atoms with Crippen molar-refractivity contribution in [3.05, 3.63) is 81.0 Å². The van der Waals surface area contributed by atoms with Crippen molar-refractivity contribution in [3.63, 3.8) is 0 Å². The lowest BCUT2D eigenvalue weighted by Crippen LogP contribution is -1.96. The molecule has 4 nitrogen and oxygen atoms in total. The normalized spacial score (nSPS) is 11.2. The van der Waals surface area contributed by atoms with Gasteiger partial charge in [-0.1, -0.05) is 24.3 Å². The highest BCUT2D eigenvalue weighted by atomic mass is 79.9. The molecular formula is C22H18BrNO3. The third kappa shape index (κ3) is 3.19. The molecule has 27 heavy (non-hydrogen) atoms. The zero-order valence-electron chi connectivity index (χ0n) is 15.0. The zero-order valence-corrected chi connectivity index (χ0v) is 16.6. The Bertz CT molecular complexity index is 1150. The van der Waals surface area contributed by atoms with Crippen molar-refractivity contribution in [1.29, 1.82) is 0 Å². The Hall–Kier alpha value is -2.79. The van der Waals surface area contributed by atoms with Crippen molar-refractivity contribution in [2.24, 2.45) is 0 Å². The van der Waals surface area contributed by atoms with E-state index >= 15 is 0 Å². The lowest BCUT2D eigenvalue weighted by atomic mass is 10.1. The standard InChI is InChI=1S/C22H18BrNO3/c1-12-3-4-13(2)20-18(12)19(23)21(27-20)17-10-9-16(24-17)11-14-5-7-15(8-6-14)22(25)26/h3-10,24H,11H2,1-2H3,(H,25,26). The number of benzene rings is 2. The van der Waals surface area contributed by atoms with Gasteiger partial charge in [0.05, 0.1) is 15.7 Å². The fraction of sp³-hybridized carbons (Fsp3) is 0.136. The van der Waals surface area contributed by atoms with Gasteiger partial charge in [-0.25, -0.2) is 4.79 Å². The van der Waals surface area contributed by atoms with Crippen LogP contribution in [0.4, 0.5) is 0 Å². The van der Waals surface area contributed by atoms with E-state index in [1.807, 2.05) is 31.2 Å². The maximum atomic E-state index is 11.0. The van der Waals surface area contributed by atoms with Gasteiger partial charge in [0.15, 0.2) is 5.76 Å². The molecule has 0 radical (unpaired) electrons. The van der Waals surface area contributed by atoms with Crippen LogP contribution in [0.3, 0.4) is 0 Å². The predicted octanol–water partition coefficient (Wildman–Crippen LogP) is 6.10. The van der Waals surface area contributed by atoms with Gasteiger partial charge in [-0.3, -0.25) is 0 Å². The van der Waals surface area contributed by atoms with Gasteiger partial charge in [0.25, 0.3) is 0 Å². The molecule has 0 bridgehead atoms. The van der Waals surface area contributed by atoms with Crippen LogP contribution in [0.2, 0.25) is 0 Å². The number of aromatic amines is 1. The number of hydrogen-bond acceptors (Lipinski definition) is 2. The predicted molar refractivity (Wildman–Crippen MR) is 109 cm³/mol. The first-order valence-electron chi connectivity index (χ1n) is 8.62. The molecule has 0 saturated carbocycles. The molecule has 4 aromatic rings. The van der Waals surface area contributed by atoms with Gasteiger partial charge in [-0.05, 0) is 70.7 Å². The van der Waals surface area contributed by atoms with Crippen LogP contribution in [0.15, 0.2) is 57.4 Å². The summed E-state index contributed by atoms with van der Waals surface area (Å²) < 4.78 is 7.12. The molecule has 0 aliphatic rings. The molecule has 5 heteroatoms. The van der Waals surface area contributed by atoms with Gasteiger partial charge in [-0.15, -0.1) is 0 Å². The van der Waals surface area contributed by atoms with Crippen molar-refractivity contribution >= 4 is 32.9 Å². The minimum absolute atomic E-state index is 0.294. The number of carboxylic acid groups (broad SMARTS) is 1. The van der Waals surface area contributed by atoms with E-state index in [2.05, 4.69) is 40.0 Å². The summed E-state index contributed by atoms with van der Waals surface area (Å²) in [6.45, 7) is 4.12. The van der Waals surface area contributed by atoms with E-state index in [9.17, 15) is 4.79 Å². The fourth-order valence-electron chi connectivity index (χ4n) is 3.28. The molecule has 136 valence electrons. The number of aromatic carboxylic acids is 1. The minimum atomic E-state index is -0.913. The Labute approximate surface area is 165 Å². The molecule has 2 N–H and O–H groups in total. The summed E-state index contributed by atoms with van der Waals surface area (Å²) in [6, 6.07) is 15.1. The third-order valence-corrected chi connectivity index (χ3v) is 5.53. The number of aromatic nitrogens is 1. The van der Waals surface area contributed by atoms with Gasteiger partial charge in [0, 0.05) is 17.5 Å². The van der Waals surface area contributed by atoms with Crippen LogP contribution in [0.5, 0.6) is 0 Å². The van der Waals surface area contributed by atoms with Crippen molar-refractivity contribution in [3.8, 4) is 11.5 Å². The van der Waals surface area contributed by atoms with Crippen LogP contribution in [0.1, 0.15) is 32.7 Å². The first-order chi connectivity index (χ1) is 12.9. The summed E-state index contributed by atoms with van der Waals surface area (Å²) in [4.78, 5) is 14.4. The molecule has 0 saturated heterocycles. The van der Waals surface area contributed by atoms with Crippen LogP contribution >= 0.6 is 15.9 Å². The van der Waals surface area contributed by atoms with Crippen molar-refractivity contribution in [2.45, 2.75) is 20.3 Å². The lowest BCUT2D eigenvalue weighted by Gasteiger charge is -2.01. The van der Waals surface area contributed by atoms with Crippen LogP contribution < -0.4 is 0 Å². The molecule has 0 unspecified atom stereocenters. The molecule has 2 heterocycles. The molecular weight excluding hydrogens is 406 g/mol. The second-order valence-corrected chi connectivity index (χ2v) is 7.52. The number of fused-ring (bicyclic) bond motifs is 1. The minimum Gasteiger partial charge on any atom is -0.478 e. The fourth-order valence-corrected chi connectivity index (χ4v) is 4.07. The summed E-state index contributed by atoms with van der Waals surface area (Å²) in [7, 11) is 0. The monoisotopic (exact) mass is 423 g/mol. The van der Waals surface area contributed by atoms with Gasteiger partial charge >= 0.3 is 5.97 Å². The zero-order chi connectivity index (χ0) is 19.1. The summed E-state index contributed by atoms with van der Waals surface area (Å²) in [5, 5.41) is 10.1. The van der Waals surface area contributed by atoms with Crippen LogP contribution in [-0.4, -0.2) is 16.1 Å². The van der Waals surface area contributed by atoms with E-state index in [1.165, 1.54) is 5.56 Å². The molecule has 0 aliphatic carbocycles. The quantitative estimate of drug-likeness (QED) is 0.416. The van der Waals surface area contributed by atoms with Crippen LogP contribution in [0, 0.1) is 13.8 Å². The molecule has 2 aromatic heterocycles. The van der Waals surface area contributed by atoms with Crippen molar-refractivity contribution in [1.82, 2.24) is 4.98 Å². The Kier molecular flexibility index (Phi) is 4.40. The Morgan fingerprint density at radius 3 is 2.41 bits per heavy atom. The Balaban J connectivity index is 1.66. The average Bonchev–Trinajstić information content (AvgIpc) is 3.24. The summed E-state index contributed by atoms with van der Waals surface area (Å²) >= 11 is 3.70. The molecule has 0 fully saturated rings. The highest BCUT2D eigenvalue weighted by molar-refractivity contribution is 9.10. The van der Waals surface area contributed by atoms with Gasteiger partial charge in [-0.2, -0.15) is 0 Å². The second-order valence-electron chi connectivity index (χ2n) is 6.72. The number of halogens is 1. The first kappa shape index (κ1) is 17.6. The van der Waals surface area contributed by atoms with Gasteiger partial charge in [0.2, 0.25) is 0 Å². The number of carbonyl (C=O) groups is 1. The number of nitrogens with one attached hydrogen (secondary N) is 1. The number of carboxylic acids is 1. The maximum Gasteiger partial charge on any atom is 0.335 e. The van der Waals surface area contributed by atoms with E-state index in [-0.39, 0.29) is 0 Å². The number of rotatable bonds is 4.